The molecule has 0 radical (unpaired) electrons. The molecule has 0 spiro atoms. The molecule has 0 aliphatic heterocycles. The van der Waals surface area contributed by atoms with Crippen LogP contribution in [0.3, 0.4) is 0 Å². The highest BCUT2D eigenvalue weighted by atomic mass is 16.6. The van der Waals surface area contributed by atoms with Gasteiger partial charge < -0.3 is 9.47 Å². The first-order valence-corrected chi connectivity index (χ1v) is 8.05. The molecule has 0 bridgehead atoms. The number of hydrogen-bond donors (Lipinski definition) is 2. The third-order valence-corrected chi connectivity index (χ3v) is 3.39. The first-order valence-electron chi connectivity index (χ1n) is 8.05. The Morgan fingerprint density at radius 3 is 2.00 bits per heavy atom. The number of ether oxygens (including phenoxy) is 2. The number of rotatable bonds is 6. The van der Waals surface area contributed by atoms with Gasteiger partial charge in [0, 0.05) is 5.56 Å². The van der Waals surface area contributed by atoms with E-state index in [1.165, 1.54) is 13.8 Å². The summed E-state index contributed by atoms with van der Waals surface area (Å²) in [6.45, 7) is 2.92. The molecule has 0 aliphatic carbocycles. The third kappa shape index (κ3) is 5.62. The van der Waals surface area contributed by atoms with Crippen LogP contribution in [0.5, 0.6) is 5.75 Å². The van der Waals surface area contributed by atoms with Crippen LogP contribution in [0.25, 0.3) is 0 Å². The van der Waals surface area contributed by atoms with Gasteiger partial charge >= 0.3 is 5.97 Å². The highest BCUT2D eigenvalue weighted by molar-refractivity contribution is 5.95. The van der Waals surface area contributed by atoms with Crippen LogP contribution >= 0.6 is 0 Å². The van der Waals surface area contributed by atoms with Gasteiger partial charge in [0.1, 0.15) is 5.75 Å². The molecular weight excluding hydrogens is 336 g/mol. The number of benzene rings is 2. The summed E-state index contributed by atoms with van der Waals surface area (Å²) in [7, 11) is 0. The number of hydrogen-bond acceptors (Lipinski definition) is 5. The molecule has 2 aromatic rings. The van der Waals surface area contributed by atoms with Crippen LogP contribution in [-0.4, -0.2) is 30.0 Å². The summed E-state index contributed by atoms with van der Waals surface area (Å²) in [5, 5.41) is 0. The van der Waals surface area contributed by atoms with E-state index < -0.39 is 30.0 Å². The Bertz CT molecular complexity index is 749. The number of amides is 2. The van der Waals surface area contributed by atoms with Crippen molar-refractivity contribution in [3.05, 3.63) is 66.2 Å². The van der Waals surface area contributed by atoms with Crippen molar-refractivity contribution < 1.29 is 23.9 Å². The molecule has 2 aromatic carbocycles. The zero-order chi connectivity index (χ0) is 18.9. The minimum Gasteiger partial charge on any atom is -0.479 e. The van der Waals surface area contributed by atoms with Gasteiger partial charge in [-0.15, -0.1) is 0 Å². The Morgan fingerprint density at radius 1 is 0.808 bits per heavy atom. The van der Waals surface area contributed by atoms with Gasteiger partial charge in [0.25, 0.3) is 11.8 Å². The lowest BCUT2D eigenvalue weighted by molar-refractivity contribution is -0.161. The minimum absolute atomic E-state index is 0.391. The van der Waals surface area contributed by atoms with Crippen LogP contribution in [0.15, 0.2) is 60.7 Å². The molecule has 0 saturated heterocycles. The van der Waals surface area contributed by atoms with Crippen molar-refractivity contribution in [2.24, 2.45) is 0 Å². The molecule has 7 nitrogen and oxygen atoms in total. The van der Waals surface area contributed by atoms with Crippen LogP contribution in [0.2, 0.25) is 0 Å². The summed E-state index contributed by atoms with van der Waals surface area (Å²) in [6, 6.07) is 17.2. The van der Waals surface area contributed by atoms with Gasteiger partial charge in [-0.05, 0) is 38.1 Å². The predicted octanol–water partition coefficient (Wildman–Crippen LogP) is 1.85. The molecule has 26 heavy (non-hydrogen) atoms. The van der Waals surface area contributed by atoms with E-state index in [9.17, 15) is 14.4 Å². The average Bonchev–Trinajstić information content (AvgIpc) is 2.67. The number of nitrogens with one attached hydrogen (secondary N) is 2. The zero-order valence-corrected chi connectivity index (χ0v) is 14.5. The maximum absolute atomic E-state index is 12.0. The number of carbonyl (C=O) groups excluding carboxylic acids is 3. The highest BCUT2D eigenvalue weighted by Crippen LogP contribution is 2.11. The molecule has 7 heteroatoms. The normalized spacial score (nSPS) is 12.4. The fourth-order valence-corrected chi connectivity index (χ4v) is 1.96. The van der Waals surface area contributed by atoms with Crippen LogP contribution in [0.4, 0.5) is 0 Å². The van der Waals surface area contributed by atoms with Crippen molar-refractivity contribution in [2.45, 2.75) is 26.1 Å². The standard InChI is InChI=1S/C19H20N2O5/c1-13(17(22)20-21-18(23)15-9-5-3-6-10-15)26-19(24)14(2)25-16-11-7-4-8-12-16/h3-14H,1-2H3,(H,20,22)(H,21,23)/t13-,14+/m0/s1. The number of esters is 1. The average molecular weight is 356 g/mol. The van der Waals surface area contributed by atoms with E-state index in [0.717, 1.165) is 0 Å². The lowest BCUT2D eigenvalue weighted by atomic mass is 10.2. The molecule has 2 amide bonds. The van der Waals surface area contributed by atoms with Crippen LogP contribution < -0.4 is 15.6 Å². The molecule has 0 aliphatic rings. The van der Waals surface area contributed by atoms with Crippen molar-refractivity contribution >= 4 is 17.8 Å². The summed E-state index contributed by atoms with van der Waals surface area (Å²) < 4.78 is 10.5. The third-order valence-electron chi connectivity index (χ3n) is 3.39. The largest absolute Gasteiger partial charge is 0.479 e. The summed E-state index contributed by atoms with van der Waals surface area (Å²) in [5.74, 6) is -1.30. The van der Waals surface area contributed by atoms with Gasteiger partial charge in [-0.25, -0.2) is 4.79 Å². The molecule has 2 N–H and O–H groups in total. The molecule has 2 atom stereocenters. The van der Waals surface area contributed by atoms with E-state index in [4.69, 9.17) is 9.47 Å². The first kappa shape index (κ1) is 19.0. The van der Waals surface area contributed by atoms with E-state index in [0.29, 0.717) is 11.3 Å². The van der Waals surface area contributed by atoms with E-state index >= 15 is 0 Å². The quantitative estimate of drug-likeness (QED) is 0.608. The number of carbonyl (C=O) groups is 3. The van der Waals surface area contributed by atoms with Gasteiger partial charge in [-0.3, -0.25) is 20.4 Å². The van der Waals surface area contributed by atoms with E-state index in [2.05, 4.69) is 10.9 Å². The van der Waals surface area contributed by atoms with Crippen molar-refractivity contribution in [3.63, 3.8) is 0 Å². The van der Waals surface area contributed by atoms with E-state index in [1.807, 2.05) is 6.07 Å². The Balaban J connectivity index is 1.78. The highest BCUT2D eigenvalue weighted by Gasteiger charge is 2.23. The van der Waals surface area contributed by atoms with Crippen LogP contribution in [0.1, 0.15) is 24.2 Å². The van der Waals surface area contributed by atoms with Gasteiger partial charge in [0.15, 0.2) is 12.2 Å². The molecule has 0 aromatic heterocycles. The SMILES string of the molecule is C[C@H](OC(=O)[C@@H](C)Oc1ccccc1)C(=O)NNC(=O)c1ccccc1. The lowest BCUT2D eigenvalue weighted by Gasteiger charge is -2.18. The Morgan fingerprint density at radius 2 is 1.38 bits per heavy atom. The molecule has 0 fully saturated rings. The van der Waals surface area contributed by atoms with Crippen molar-refractivity contribution in [3.8, 4) is 5.75 Å². The molecule has 0 heterocycles. The second kappa shape index (κ2) is 9.22. The number of para-hydroxylation sites is 1. The van der Waals surface area contributed by atoms with Crippen molar-refractivity contribution in [1.82, 2.24) is 10.9 Å². The predicted molar refractivity (Wildman–Crippen MR) is 94.1 cm³/mol. The van der Waals surface area contributed by atoms with Crippen LogP contribution in [0, 0.1) is 0 Å². The second-order valence-corrected chi connectivity index (χ2v) is 5.46. The molecular formula is C19H20N2O5. The Labute approximate surface area is 151 Å². The molecule has 0 saturated carbocycles. The first-order chi connectivity index (χ1) is 12.5. The fraction of sp³-hybridized carbons (Fsp3) is 0.211. The van der Waals surface area contributed by atoms with Gasteiger partial charge in [0.2, 0.25) is 0 Å². The van der Waals surface area contributed by atoms with Gasteiger partial charge in [-0.2, -0.15) is 0 Å². The van der Waals surface area contributed by atoms with Crippen molar-refractivity contribution in [2.75, 3.05) is 0 Å². The number of hydrazine groups is 1. The topological polar surface area (TPSA) is 93.7 Å². The smallest absolute Gasteiger partial charge is 0.347 e. The maximum Gasteiger partial charge on any atom is 0.347 e. The van der Waals surface area contributed by atoms with E-state index in [1.54, 1.807) is 54.6 Å². The van der Waals surface area contributed by atoms with Gasteiger partial charge in [-0.1, -0.05) is 36.4 Å². The maximum atomic E-state index is 12.0. The summed E-state index contributed by atoms with van der Waals surface area (Å²) >= 11 is 0. The molecule has 0 unspecified atom stereocenters. The fourth-order valence-electron chi connectivity index (χ4n) is 1.96. The van der Waals surface area contributed by atoms with Gasteiger partial charge in [0.05, 0.1) is 0 Å². The zero-order valence-electron chi connectivity index (χ0n) is 14.5. The summed E-state index contributed by atoms with van der Waals surface area (Å²) in [4.78, 5) is 35.8. The molecule has 2 rings (SSSR count). The summed E-state index contributed by atoms with van der Waals surface area (Å²) in [5.41, 5.74) is 4.87. The van der Waals surface area contributed by atoms with Crippen molar-refractivity contribution in [1.29, 1.82) is 0 Å². The Kier molecular flexibility index (Phi) is 6.73. The lowest BCUT2D eigenvalue weighted by Crippen LogP contribution is -2.47. The van der Waals surface area contributed by atoms with Crippen LogP contribution in [-0.2, 0) is 14.3 Å². The molecule has 136 valence electrons. The Hall–Kier alpha value is -3.35. The second-order valence-electron chi connectivity index (χ2n) is 5.46. The van der Waals surface area contributed by atoms with E-state index in [-0.39, 0.29) is 0 Å². The minimum atomic E-state index is -1.10. The monoisotopic (exact) mass is 356 g/mol. The summed E-state index contributed by atoms with van der Waals surface area (Å²) in [6.07, 6.45) is -1.98.